The lowest BCUT2D eigenvalue weighted by Gasteiger charge is -2.04. The third-order valence-electron chi connectivity index (χ3n) is 9.22. The molecule has 0 saturated heterocycles. The van der Waals surface area contributed by atoms with Crippen LogP contribution in [0.25, 0.3) is 80.0 Å². The fourth-order valence-electron chi connectivity index (χ4n) is 6.73. The van der Waals surface area contributed by atoms with Crippen LogP contribution >= 0.6 is 0 Å². The van der Waals surface area contributed by atoms with Crippen LogP contribution in [-0.4, -0.2) is 19.9 Å². The average molecular weight is 651 g/mol. The van der Waals surface area contributed by atoms with Crippen LogP contribution in [0.1, 0.15) is 33.9 Å². The molecule has 0 amide bonds. The number of rotatable bonds is 4. The predicted octanol–water partition coefficient (Wildman–Crippen LogP) is 6.79. The van der Waals surface area contributed by atoms with Crippen molar-refractivity contribution in [1.82, 2.24) is 19.9 Å². The zero-order chi connectivity index (χ0) is 33.6. The van der Waals surface area contributed by atoms with Crippen LogP contribution in [-0.2, 0) is 0 Å². The monoisotopic (exact) mass is 650 g/mol. The Hall–Kier alpha value is -6.80. The maximum atomic E-state index is 5.34. The highest BCUT2D eigenvalue weighted by Gasteiger charge is 2.24. The first kappa shape index (κ1) is 29.3. The normalized spacial score (nSPS) is 12.0. The summed E-state index contributed by atoms with van der Waals surface area (Å²) in [6.45, 7) is 4.20. The van der Waals surface area contributed by atoms with Gasteiger partial charge in [-0.05, 0) is 84.7 Å². The van der Waals surface area contributed by atoms with Crippen LogP contribution in [0, 0.1) is 13.8 Å². The van der Waals surface area contributed by atoms with Gasteiger partial charge in [0, 0.05) is 70.7 Å². The fourth-order valence-corrected chi connectivity index (χ4v) is 6.73. The first-order valence-corrected chi connectivity index (χ1v) is 16.6. The standard InChI is InChI=1S/C42H32N8/c1-27-15-23-49(24-16-27)41-35-7-5-33(46-35)39(29-11-19-43-20-12-29)31-3-4-32(45-31)40(30-13-21-44-22-14-30)34-6-8-36(47-34)42(38-10-9-37(41)48-38)50-25-17-28(2)18-26-50/h3-26,46-47H,1-2H3/q+2/p+2. The Labute approximate surface area is 288 Å². The van der Waals surface area contributed by atoms with Crippen LogP contribution in [0.2, 0.25) is 0 Å². The lowest BCUT2D eigenvalue weighted by atomic mass is 10.1. The SMILES string of the molecule is Cc1cc[n+](-c2c3nc(c(-[n+]4ccc(C)cc4)c4ccc([nH]4)c(-c4cc[nH+]cc4)c4nc(c(-c5cc[nH+]cc5)c5ccc2[nH]5)C=C4)C=C3)cc1. The Morgan fingerprint density at radius 2 is 0.800 bits per heavy atom. The molecule has 238 valence electrons. The second-order valence-electron chi connectivity index (χ2n) is 12.6. The third-order valence-corrected chi connectivity index (χ3v) is 9.22. The molecule has 8 heteroatoms. The van der Waals surface area contributed by atoms with Gasteiger partial charge < -0.3 is 9.97 Å². The molecule has 9 heterocycles. The van der Waals surface area contributed by atoms with Gasteiger partial charge in [0.2, 0.25) is 0 Å². The van der Waals surface area contributed by atoms with Gasteiger partial charge >= 0.3 is 0 Å². The van der Waals surface area contributed by atoms with Crippen molar-refractivity contribution < 1.29 is 19.1 Å². The molecule has 0 spiro atoms. The summed E-state index contributed by atoms with van der Waals surface area (Å²) in [5.41, 5.74) is 15.6. The number of aromatic nitrogens is 8. The van der Waals surface area contributed by atoms with Gasteiger partial charge in [0.15, 0.2) is 49.6 Å². The van der Waals surface area contributed by atoms with Crippen molar-refractivity contribution in [3.8, 4) is 33.6 Å². The number of hydrogen-bond acceptors (Lipinski definition) is 2. The van der Waals surface area contributed by atoms with Crippen LogP contribution in [0.3, 0.4) is 0 Å². The molecule has 4 N–H and O–H groups in total. The number of nitrogens with one attached hydrogen (secondary N) is 4. The first-order chi connectivity index (χ1) is 24.6. The van der Waals surface area contributed by atoms with Gasteiger partial charge in [0.05, 0.1) is 11.4 Å². The number of nitrogens with zero attached hydrogens (tertiary/aromatic N) is 4. The molecular formula is C42H34N8+4. The maximum absolute atomic E-state index is 5.34. The Morgan fingerprint density at radius 3 is 1.22 bits per heavy atom. The lowest BCUT2D eigenvalue weighted by Crippen LogP contribution is -2.31. The summed E-state index contributed by atoms with van der Waals surface area (Å²) in [6.07, 6.45) is 24.6. The van der Waals surface area contributed by atoms with Gasteiger partial charge in [-0.25, -0.2) is 19.9 Å². The highest BCUT2D eigenvalue weighted by Crippen LogP contribution is 2.34. The summed E-state index contributed by atoms with van der Waals surface area (Å²) in [6, 6.07) is 25.4. The van der Waals surface area contributed by atoms with Gasteiger partial charge in [0.1, 0.15) is 22.4 Å². The van der Waals surface area contributed by atoms with E-state index in [1.807, 2.05) is 24.8 Å². The third kappa shape index (κ3) is 5.20. The molecule has 0 fully saturated rings. The largest absolute Gasteiger partial charge is 0.349 e. The number of fused-ring (bicyclic) bond motifs is 8. The van der Waals surface area contributed by atoms with E-state index in [0.29, 0.717) is 0 Å². The zero-order valence-electron chi connectivity index (χ0n) is 27.6. The van der Waals surface area contributed by atoms with E-state index in [2.05, 4.69) is 165 Å². The van der Waals surface area contributed by atoms with Crippen LogP contribution in [0.5, 0.6) is 0 Å². The number of pyridine rings is 4. The van der Waals surface area contributed by atoms with E-state index in [-0.39, 0.29) is 0 Å². The molecule has 0 saturated carbocycles. The van der Waals surface area contributed by atoms with Crippen LogP contribution in [0.15, 0.2) is 122 Å². The van der Waals surface area contributed by atoms with Crippen molar-refractivity contribution >= 4 is 46.4 Å². The molecule has 50 heavy (non-hydrogen) atoms. The van der Waals surface area contributed by atoms with Crippen LogP contribution in [0.4, 0.5) is 0 Å². The summed E-state index contributed by atoms with van der Waals surface area (Å²) >= 11 is 0. The number of aryl methyl sites for hydroxylation is 2. The van der Waals surface area contributed by atoms with E-state index in [1.54, 1.807) is 0 Å². The van der Waals surface area contributed by atoms with Gasteiger partial charge in [0.25, 0.3) is 11.4 Å². The Bertz CT molecular complexity index is 2450. The van der Waals surface area contributed by atoms with Crippen molar-refractivity contribution in [2.75, 3.05) is 0 Å². The first-order valence-electron chi connectivity index (χ1n) is 16.6. The second-order valence-corrected chi connectivity index (χ2v) is 12.6. The van der Waals surface area contributed by atoms with Crippen molar-refractivity contribution in [1.29, 1.82) is 0 Å². The summed E-state index contributed by atoms with van der Waals surface area (Å²) < 4.78 is 4.27. The number of H-pyrrole nitrogens is 4. The summed E-state index contributed by atoms with van der Waals surface area (Å²) in [4.78, 5) is 24.6. The van der Waals surface area contributed by atoms with E-state index in [1.165, 1.54) is 11.1 Å². The maximum Gasteiger partial charge on any atom is 0.260 e. The molecule has 0 unspecified atom stereocenters. The topological polar surface area (TPSA) is 93.4 Å². The average Bonchev–Trinajstić information content (AvgIpc) is 3.98. The molecule has 7 aromatic heterocycles. The van der Waals surface area contributed by atoms with Gasteiger partial charge in [-0.3, -0.25) is 0 Å². The van der Waals surface area contributed by atoms with Crippen molar-refractivity contribution in [2.24, 2.45) is 0 Å². The second kappa shape index (κ2) is 12.0. The molecule has 9 rings (SSSR count). The van der Waals surface area contributed by atoms with Gasteiger partial charge in [-0.2, -0.15) is 9.13 Å². The minimum Gasteiger partial charge on any atom is -0.349 e. The van der Waals surface area contributed by atoms with E-state index >= 15 is 0 Å². The highest BCUT2D eigenvalue weighted by molar-refractivity contribution is 5.96. The van der Waals surface area contributed by atoms with E-state index in [4.69, 9.17) is 9.97 Å². The molecule has 8 nitrogen and oxygen atoms in total. The Balaban J connectivity index is 1.48. The lowest BCUT2D eigenvalue weighted by molar-refractivity contribution is -0.595. The minimum absolute atomic E-state index is 0.851. The van der Waals surface area contributed by atoms with E-state index in [0.717, 1.165) is 78.5 Å². The number of hydrogen-bond donors (Lipinski definition) is 2. The van der Waals surface area contributed by atoms with Crippen molar-refractivity contribution in [3.63, 3.8) is 0 Å². The van der Waals surface area contributed by atoms with Crippen LogP contribution < -0.4 is 19.1 Å². The summed E-state index contributed by atoms with van der Waals surface area (Å²) in [5, 5.41) is 0. The quantitative estimate of drug-likeness (QED) is 0.205. The molecule has 0 aromatic carbocycles. The van der Waals surface area contributed by atoms with E-state index < -0.39 is 0 Å². The molecule has 0 atom stereocenters. The van der Waals surface area contributed by atoms with Gasteiger partial charge in [-0.1, -0.05) is 0 Å². The smallest absolute Gasteiger partial charge is 0.260 e. The van der Waals surface area contributed by atoms with E-state index in [9.17, 15) is 0 Å². The van der Waals surface area contributed by atoms with Gasteiger partial charge in [-0.15, -0.1) is 0 Å². The van der Waals surface area contributed by atoms with Crippen molar-refractivity contribution in [3.05, 3.63) is 156 Å². The molecule has 7 aromatic rings. The molecule has 0 aliphatic carbocycles. The zero-order valence-corrected chi connectivity index (χ0v) is 27.6. The molecular weight excluding hydrogens is 617 g/mol. The Kier molecular flexibility index (Phi) is 7.05. The fraction of sp³-hybridized carbons (Fsp3) is 0.0476. The summed E-state index contributed by atoms with van der Waals surface area (Å²) in [5.74, 6) is 0. The summed E-state index contributed by atoms with van der Waals surface area (Å²) in [7, 11) is 0. The minimum atomic E-state index is 0.851. The molecule has 2 aliphatic rings. The molecule has 8 bridgehead atoms. The van der Waals surface area contributed by atoms with Crippen molar-refractivity contribution in [2.45, 2.75) is 13.8 Å². The predicted molar refractivity (Wildman–Crippen MR) is 195 cm³/mol. The number of aromatic amines is 4. The highest BCUT2D eigenvalue weighted by atomic mass is 15.0. The Morgan fingerprint density at radius 1 is 0.440 bits per heavy atom. The molecule has 0 radical (unpaired) electrons. The molecule has 2 aliphatic heterocycles.